The van der Waals surface area contributed by atoms with Gasteiger partial charge in [-0.2, -0.15) is 8.42 Å². The molecule has 0 fully saturated rings. The second kappa shape index (κ2) is 6.61. The van der Waals surface area contributed by atoms with Crippen molar-refractivity contribution >= 4 is 22.3 Å². The number of hydrogen-bond donors (Lipinski definition) is 1. The molecule has 7 heteroatoms. The van der Waals surface area contributed by atoms with E-state index in [9.17, 15) is 8.42 Å². The first-order valence-corrected chi connectivity index (χ1v) is 5.03. The van der Waals surface area contributed by atoms with Crippen molar-refractivity contribution < 1.29 is 21.4 Å². The highest BCUT2D eigenvalue weighted by atomic mass is 35.5. The van der Waals surface area contributed by atoms with E-state index in [2.05, 4.69) is 15.6 Å². The van der Waals surface area contributed by atoms with Gasteiger partial charge in [-0.05, 0) is 12.1 Å². The molecule has 0 aliphatic heterocycles. The first-order chi connectivity index (χ1) is 6.49. The number of hydrogen-bond acceptors (Lipinski definition) is 4. The summed E-state index contributed by atoms with van der Waals surface area (Å²) in [7, 11) is -2.73. The third-order valence-electron chi connectivity index (χ3n) is 1.06. The van der Waals surface area contributed by atoms with Crippen molar-refractivity contribution in [2.75, 3.05) is 7.11 Å². The molecule has 0 aliphatic carbocycles. The fraction of sp³-hybridized carbons (Fsp3) is 0.143. The maximum Gasteiger partial charge on any atom is 0.413 e. The molecule has 0 radical (unpaired) electrons. The number of rotatable bonds is 2. The first-order valence-electron chi connectivity index (χ1n) is 3.36. The van der Waals surface area contributed by atoms with Gasteiger partial charge in [0.2, 0.25) is 0 Å². The lowest BCUT2D eigenvalue weighted by Crippen LogP contribution is -1.92. The highest BCUT2D eigenvalue weighted by molar-refractivity contribution is 7.81. The molecule has 1 aromatic carbocycles. The molecule has 80 valence electrons. The van der Waals surface area contributed by atoms with Crippen LogP contribution in [-0.4, -0.2) is 20.1 Å². The van der Waals surface area contributed by atoms with Gasteiger partial charge in [-0.3, -0.25) is 4.55 Å². The Morgan fingerprint density at radius 1 is 1.29 bits per heavy atom. The lowest BCUT2D eigenvalue weighted by molar-refractivity contribution is 0.400. The van der Waals surface area contributed by atoms with E-state index in [1.807, 2.05) is 30.3 Å². The van der Waals surface area contributed by atoms with Crippen molar-refractivity contribution in [3.05, 3.63) is 30.3 Å². The van der Waals surface area contributed by atoms with E-state index in [4.69, 9.17) is 9.29 Å². The molecule has 0 aliphatic rings. The summed E-state index contributed by atoms with van der Waals surface area (Å²) < 4.78 is 33.7. The van der Waals surface area contributed by atoms with Crippen LogP contribution in [0.25, 0.3) is 0 Å². The Hall–Kier alpha value is -0.820. The van der Waals surface area contributed by atoms with Gasteiger partial charge in [-0.15, -0.1) is 3.74 Å². The van der Waals surface area contributed by atoms with E-state index in [1.54, 1.807) is 7.11 Å². The van der Waals surface area contributed by atoms with Crippen LogP contribution in [0.1, 0.15) is 0 Å². The van der Waals surface area contributed by atoms with Crippen LogP contribution in [0.3, 0.4) is 0 Å². The summed E-state index contributed by atoms with van der Waals surface area (Å²) in [5, 5.41) is 0. The zero-order chi connectivity index (χ0) is 11.0. The van der Waals surface area contributed by atoms with Crippen molar-refractivity contribution in [2.24, 2.45) is 0 Å². The zero-order valence-corrected chi connectivity index (χ0v) is 8.83. The second-order valence-corrected chi connectivity index (χ2v) is 3.37. The third-order valence-corrected chi connectivity index (χ3v) is 1.70. The Balaban J connectivity index is 0.000000255. The zero-order valence-electron chi connectivity index (χ0n) is 7.25. The smallest absolute Gasteiger partial charge is 0.413 e. The molecule has 0 saturated heterocycles. The van der Waals surface area contributed by atoms with Gasteiger partial charge in [0, 0.05) is 0 Å². The highest BCUT2D eigenvalue weighted by Gasteiger charge is 1.97. The van der Waals surface area contributed by atoms with Crippen LogP contribution in [0.5, 0.6) is 5.75 Å². The molecule has 1 N–H and O–H groups in total. The van der Waals surface area contributed by atoms with Gasteiger partial charge in [0.05, 0.1) is 19.0 Å². The number of benzene rings is 1. The van der Waals surface area contributed by atoms with Gasteiger partial charge in [0.1, 0.15) is 5.75 Å². The van der Waals surface area contributed by atoms with Crippen LogP contribution in [0, 0.1) is 0 Å². The number of halogens is 1. The predicted octanol–water partition coefficient (Wildman–Crippen LogP) is 1.65. The van der Waals surface area contributed by atoms with Crippen molar-refractivity contribution in [1.29, 1.82) is 0 Å². The van der Waals surface area contributed by atoms with Gasteiger partial charge in [-0.1, -0.05) is 18.2 Å². The predicted molar refractivity (Wildman–Crippen MR) is 51.5 cm³/mol. The molecule has 0 heterocycles. The number of ether oxygens (including phenoxy) is 1. The van der Waals surface area contributed by atoms with Crippen molar-refractivity contribution in [3.8, 4) is 5.75 Å². The molecule has 0 amide bonds. The number of methoxy groups -OCH3 is 1. The summed E-state index contributed by atoms with van der Waals surface area (Å²) >= 11 is 4.14. The maximum absolute atomic E-state index is 9.20. The van der Waals surface area contributed by atoms with Crippen LogP contribution in [-0.2, 0) is 14.1 Å². The summed E-state index contributed by atoms with van der Waals surface area (Å²) in [5.74, 6) is 0.910. The van der Waals surface area contributed by atoms with E-state index in [0.717, 1.165) is 5.75 Å². The first kappa shape index (κ1) is 13.2. The molecule has 1 aromatic rings. The normalized spacial score (nSPS) is 9.93. The van der Waals surface area contributed by atoms with Crippen LogP contribution in [0.15, 0.2) is 30.3 Å². The van der Waals surface area contributed by atoms with Gasteiger partial charge < -0.3 is 4.74 Å². The molecular weight excluding hydrogens is 232 g/mol. The lowest BCUT2D eigenvalue weighted by Gasteiger charge is -1.93. The summed E-state index contributed by atoms with van der Waals surface area (Å²) in [5.41, 5.74) is 0. The Labute approximate surface area is 87.3 Å². The van der Waals surface area contributed by atoms with Gasteiger partial charge in [0.15, 0.2) is 0 Å². The Bertz CT molecular complexity index is 336. The highest BCUT2D eigenvalue weighted by Crippen LogP contribution is 2.05. The third kappa shape index (κ3) is 7.81. The standard InChI is InChI=1S/C7H8O.ClHO4S/c1-8-7-5-3-2-4-6-7;1-5-6(2,3)4/h2-6H,1H3;(H,2,3,4). The molecule has 0 aromatic heterocycles. The van der Waals surface area contributed by atoms with E-state index in [-0.39, 0.29) is 0 Å². The van der Waals surface area contributed by atoms with E-state index < -0.39 is 10.4 Å². The molecule has 0 atom stereocenters. The van der Waals surface area contributed by atoms with Crippen molar-refractivity contribution in [2.45, 2.75) is 0 Å². The van der Waals surface area contributed by atoms with E-state index in [0.29, 0.717) is 0 Å². The van der Waals surface area contributed by atoms with Crippen molar-refractivity contribution in [3.63, 3.8) is 0 Å². The van der Waals surface area contributed by atoms with E-state index in [1.165, 1.54) is 0 Å². The average molecular weight is 241 g/mol. The summed E-state index contributed by atoms with van der Waals surface area (Å²) in [6.45, 7) is 0. The fourth-order valence-corrected chi connectivity index (χ4v) is 0.557. The largest absolute Gasteiger partial charge is 0.497 e. The van der Waals surface area contributed by atoms with E-state index >= 15 is 0 Å². The van der Waals surface area contributed by atoms with Crippen LogP contribution in [0.2, 0.25) is 0 Å². The minimum Gasteiger partial charge on any atom is -0.497 e. The summed E-state index contributed by atoms with van der Waals surface area (Å²) in [6, 6.07) is 9.68. The number of para-hydroxylation sites is 1. The molecular formula is C7H9ClO5S. The van der Waals surface area contributed by atoms with Gasteiger partial charge in [-0.25, -0.2) is 0 Å². The van der Waals surface area contributed by atoms with Crippen LogP contribution < -0.4 is 4.74 Å². The summed E-state index contributed by atoms with van der Waals surface area (Å²) in [4.78, 5) is 0. The lowest BCUT2D eigenvalue weighted by atomic mass is 10.3. The van der Waals surface area contributed by atoms with Crippen molar-refractivity contribution in [1.82, 2.24) is 0 Å². The monoisotopic (exact) mass is 240 g/mol. The topological polar surface area (TPSA) is 72.8 Å². The maximum atomic E-state index is 9.20. The Morgan fingerprint density at radius 3 is 1.93 bits per heavy atom. The molecule has 5 nitrogen and oxygen atoms in total. The molecule has 0 saturated carbocycles. The Morgan fingerprint density at radius 2 is 1.71 bits per heavy atom. The quantitative estimate of drug-likeness (QED) is 0.796. The minimum atomic E-state index is -4.40. The average Bonchev–Trinajstić information content (AvgIpc) is 2.19. The molecule has 0 spiro atoms. The minimum absolute atomic E-state index is 0.910. The van der Waals surface area contributed by atoms with Gasteiger partial charge in [0.25, 0.3) is 0 Å². The molecule has 0 bridgehead atoms. The second-order valence-electron chi connectivity index (χ2n) is 2.01. The fourth-order valence-electron chi connectivity index (χ4n) is 0.557. The van der Waals surface area contributed by atoms with Crippen LogP contribution >= 0.6 is 11.9 Å². The SMILES string of the molecule is COc1ccccc1.O=S(=O)(O)OCl. The molecule has 0 unspecified atom stereocenters. The summed E-state index contributed by atoms with van der Waals surface area (Å²) in [6.07, 6.45) is 0. The van der Waals surface area contributed by atoms with Gasteiger partial charge >= 0.3 is 10.4 Å². The Kier molecular flexibility index (Phi) is 6.22. The molecule has 1 rings (SSSR count). The molecule has 14 heavy (non-hydrogen) atoms. The van der Waals surface area contributed by atoms with Crippen LogP contribution in [0.4, 0.5) is 0 Å².